The van der Waals surface area contributed by atoms with Crippen LogP contribution in [0.3, 0.4) is 0 Å². The van der Waals surface area contributed by atoms with E-state index in [1.807, 2.05) is 14.0 Å². The number of halogens is 1. The van der Waals surface area contributed by atoms with Crippen LogP contribution in [0.25, 0.3) is 0 Å². The summed E-state index contributed by atoms with van der Waals surface area (Å²) < 4.78 is 13.8. The molecule has 1 atom stereocenters. The smallest absolute Gasteiger partial charge is 0.226 e. The summed E-state index contributed by atoms with van der Waals surface area (Å²) in [7, 11) is 1.98. The average Bonchev–Trinajstić information content (AvgIpc) is 3.22. The number of anilines is 1. The van der Waals surface area contributed by atoms with Gasteiger partial charge in [-0.2, -0.15) is 0 Å². The van der Waals surface area contributed by atoms with Crippen molar-refractivity contribution in [2.75, 3.05) is 18.1 Å². The normalized spacial score (nSPS) is 23.1. The van der Waals surface area contributed by atoms with E-state index in [0.717, 1.165) is 16.5 Å². The summed E-state index contributed by atoms with van der Waals surface area (Å²) in [4.78, 5) is 18.9. The van der Waals surface area contributed by atoms with Crippen molar-refractivity contribution in [3.05, 3.63) is 29.6 Å². The predicted octanol–water partition coefficient (Wildman–Crippen LogP) is 3.03. The minimum atomic E-state index is -0.390. The zero-order chi connectivity index (χ0) is 15.7. The molecule has 22 heavy (non-hydrogen) atoms. The van der Waals surface area contributed by atoms with E-state index in [4.69, 9.17) is 0 Å². The van der Waals surface area contributed by atoms with Crippen LogP contribution in [0.4, 0.5) is 10.1 Å². The maximum Gasteiger partial charge on any atom is 0.226 e. The molecule has 6 heteroatoms. The molecule has 0 bridgehead atoms. The van der Waals surface area contributed by atoms with Crippen LogP contribution in [-0.2, 0) is 4.79 Å². The van der Waals surface area contributed by atoms with E-state index >= 15 is 0 Å². The summed E-state index contributed by atoms with van der Waals surface area (Å²) in [5.41, 5.74) is 1.08. The Balaban J connectivity index is 1.57. The summed E-state index contributed by atoms with van der Waals surface area (Å²) in [6, 6.07) is 5.43. The number of carbonyl (C=O) groups is 1. The van der Waals surface area contributed by atoms with Crippen molar-refractivity contribution in [3.63, 3.8) is 0 Å². The molecule has 1 amide bonds. The molecular formula is C16H20FN3OS. The average molecular weight is 321 g/mol. The first-order valence-corrected chi connectivity index (χ1v) is 8.51. The van der Waals surface area contributed by atoms with Gasteiger partial charge in [-0.25, -0.2) is 4.39 Å². The first-order valence-electron chi connectivity index (χ1n) is 7.52. The van der Waals surface area contributed by atoms with E-state index in [9.17, 15) is 9.18 Å². The van der Waals surface area contributed by atoms with Crippen molar-refractivity contribution in [3.8, 4) is 0 Å². The maximum atomic E-state index is 13.8. The molecule has 3 rings (SSSR count). The van der Waals surface area contributed by atoms with Gasteiger partial charge in [0, 0.05) is 25.3 Å². The number of aliphatic imine (C=N–C) groups is 1. The fourth-order valence-corrected chi connectivity index (χ4v) is 3.62. The van der Waals surface area contributed by atoms with Gasteiger partial charge in [0.15, 0.2) is 5.17 Å². The highest BCUT2D eigenvalue weighted by Crippen LogP contribution is 2.30. The molecule has 0 aromatic heterocycles. The van der Waals surface area contributed by atoms with Crippen LogP contribution >= 0.6 is 11.8 Å². The van der Waals surface area contributed by atoms with E-state index in [1.54, 1.807) is 23.9 Å². The third-order valence-corrected chi connectivity index (χ3v) is 5.12. The highest BCUT2D eigenvalue weighted by Gasteiger charge is 2.31. The SMILES string of the molecule is Cc1ccc(NC(=O)CC2CSC(=NC3CC3)N2C)c(F)c1. The van der Waals surface area contributed by atoms with Crippen molar-refractivity contribution in [1.82, 2.24) is 4.90 Å². The second-order valence-electron chi connectivity index (χ2n) is 5.95. The number of aryl methyl sites for hydroxylation is 1. The summed E-state index contributed by atoms with van der Waals surface area (Å²) in [6.45, 7) is 1.82. The molecule has 1 N–H and O–H groups in total. The Labute approximate surface area is 134 Å². The molecule has 4 nitrogen and oxygen atoms in total. The van der Waals surface area contributed by atoms with E-state index in [0.29, 0.717) is 12.5 Å². The van der Waals surface area contributed by atoms with Crippen LogP contribution in [0.1, 0.15) is 24.8 Å². The van der Waals surface area contributed by atoms with E-state index in [-0.39, 0.29) is 17.6 Å². The van der Waals surface area contributed by atoms with Crippen molar-refractivity contribution < 1.29 is 9.18 Å². The summed E-state index contributed by atoms with van der Waals surface area (Å²) in [6.07, 6.45) is 2.70. The molecule has 118 valence electrons. The van der Waals surface area contributed by atoms with Gasteiger partial charge in [-0.1, -0.05) is 17.8 Å². The van der Waals surface area contributed by atoms with Crippen LogP contribution in [0.15, 0.2) is 23.2 Å². The number of amidine groups is 1. The van der Waals surface area contributed by atoms with Crippen LogP contribution in [0, 0.1) is 12.7 Å². The first-order chi connectivity index (χ1) is 10.5. The lowest BCUT2D eigenvalue weighted by molar-refractivity contribution is -0.116. The highest BCUT2D eigenvalue weighted by atomic mass is 32.2. The molecule has 2 fully saturated rings. The number of benzene rings is 1. The second-order valence-corrected chi connectivity index (χ2v) is 6.94. The van der Waals surface area contributed by atoms with Crippen LogP contribution < -0.4 is 5.32 Å². The molecule has 1 aromatic rings. The third-order valence-electron chi connectivity index (χ3n) is 3.91. The zero-order valence-corrected chi connectivity index (χ0v) is 13.6. The van der Waals surface area contributed by atoms with Crippen molar-refractivity contribution in [2.24, 2.45) is 4.99 Å². The predicted molar refractivity (Wildman–Crippen MR) is 88.8 cm³/mol. The van der Waals surface area contributed by atoms with Gasteiger partial charge in [0.25, 0.3) is 0 Å². The van der Waals surface area contributed by atoms with Crippen molar-refractivity contribution >= 4 is 28.5 Å². The van der Waals surface area contributed by atoms with Gasteiger partial charge in [-0.3, -0.25) is 9.79 Å². The maximum absolute atomic E-state index is 13.8. The Morgan fingerprint density at radius 3 is 2.95 bits per heavy atom. The summed E-state index contributed by atoms with van der Waals surface area (Å²) in [5, 5.41) is 3.69. The Kier molecular flexibility index (Phi) is 4.38. The second kappa shape index (κ2) is 6.28. The standard InChI is InChI=1S/C16H20FN3OS/c1-10-3-6-14(13(17)7-10)19-15(21)8-12-9-22-16(20(12)2)18-11-4-5-11/h3,6-7,11-12H,4-5,8-9H2,1-2H3,(H,19,21). The van der Waals surface area contributed by atoms with Gasteiger partial charge >= 0.3 is 0 Å². The number of thioether (sulfide) groups is 1. The zero-order valence-electron chi connectivity index (χ0n) is 12.8. The highest BCUT2D eigenvalue weighted by molar-refractivity contribution is 8.14. The fourth-order valence-electron chi connectivity index (χ4n) is 2.36. The van der Waals surface area contributed by atoms with Crippen LogP contribution in [0.2, 0.25) is 0 Å². The number of nitrogens with zero attached hydrogens (tertiary/aromatic N) is 2. The minimum absolute atomic E-state index is 0.121. The number of nitrogens with one attached hydrogen (secondary N) is 1. The monoisotopic (exact) mass is 321 g/mol. The van der Waals surface area contributed by atoms with E-state index in [2.05, 4.69) is 15.2 Å². The van der Waals surface area contributed by atoms with Gasteiger partial charge in [-0.15, -0.1) is 0 Å². The third kappa shape index (κ3) is 3.61. The largest absolute Gasteiger partial charge is 0.350 e. The number of carbonyl (C=O) groups excluding carboxylic acids is 1. The van der Waals surface area contributed by atoms with Gasteiger partial charge in [0.1, 0.15) is 5.82 Å². The number of hydrogen-bond acceptors (Lipinski definition) is 3. The number of amides is 1. The van der Waals surface area contributed by atoms with E-state index in [1.165, 1.54) is 18.9 Å². The molecule has 1 saturated heterocycles. The fraction of sp³-hybridized carbons (Fsp3) is 0.500. The topological polar surface area (TPSA) is 44.7 Å². The Bertz CT molecular complexity index is 615. The summed E-state index contributed by atoms with van der Waals surface area (Å²) >= 11 is 1.70. The van der Waals surface area contributed by atoms with Gasteiger partial charge in [-0.05, 0) is 37.5 Å². The Morgan fingerprint density at radius 2 is 2.27 bits per heavy atom. The molecule has 1 unspecified atom stereocenters. The Hall–Kier alpha value is -1.56. The number of rotatable bonds is 4. The molecular weight excluding hydrogens is 301 g/mol. The molecule has 1 saturated carbocycles. The van der Waals surface area contributed by atoms with Gasteiger partial charge in [0.2, 0.25) is 5.91 Å². The van der Waals surface area contributed by atoms with Crippen molar-refractivity contribution in [1.29, 1.82) is 0 Å². The van der Waals surface area contributed by atoms with Gasteiger partial charge < -0.3 is 10.2 Å². The quantitative estimate of drug-likeness (QED) is 0.927. The lowest BCUT2D eigenvalue weighted by atomic mass is 10.2. The summed E-state index contributed by atoms with van der Waals surface area (Å²) in [5.74, 6) is 0.303. The van der Waals surface area contributed by atoms with Crippen molar-refractivity contribution in [2.45, 2.75) is 38.3 Å². The van der Waals surface area contributed by atoms with Crippen LogP contribution in [0.5, 0.6) is 0 Å². The van der Waals surface area contributed by atoms with E-state index < -0.39 is 5.82 Å². The Morgan fingerprint density at radius 1 is 1.50 bits per heavy atom. The molecule has 0 spiro atoms. The minimum Gasteiger partial charge on any atom is -0.350 e. The molecule has 1 aliphatic heterocycles. The molecule has 1 heterocycles. The molecule has 2 aliphatic rings. The molecule has 1 aliphatic carbocycles. The lowest BCUT2D eigenvalue weighted by Gasteiger charge is -2.20. The van der Waals surface area contributed by atoms with Crippen LogP contribution in [-0.4, -0.2) is 40.9 Å². The van der Waals surface area contributed by atoms with Gasteiger partial charge in [0.05, 0.1) is 11.7 Å². The first kappa shape index (κ1) is 15.3. The molecule has 0 radical (unpaired) electrons. The molecule has 1 aromatic carbocycles. The lowest BCUT2D eigenvalue weighted by Crippen LogP contribution is -2.33. The number of hydrogen-bond donors (Lipinski definition) is 1.